The number of nitrogens with zero attached hydrogens (tertiary/aromatic N) is 1. The average molecular weight is 637 g/mol. The summed E-state index contributed by atoms with van der Waals surface area (Å²) in [6.07, 6.45) is 0. The quantitative estimate of drug-likeness (QED) is 0.260. The van der Waals surface area contributed by atoms with Crippen LogP contribution in [0.15, 0.2) is 87.5 Å². The molecule has 3 heterocycles. The first-order chi connectivity index (χ1) is 20.5. The van der Waals surface area contributed by atoms with Gasteiger partial charge in [0.15, 0.2) is 6.61 Å². The van der Waals surface area contributed by atoms with E-state index in [1.165, 1.54) is 40.9 Å². The highest BCUT2D eigenvalue weighted by Gasteiger charge is 2.56. The Kier molecular flexibility index (Phi) is 7.46. The Morgan fingerprint density at radius 1 is 1.02 bits per heavy atom. The zero-order valence-electron chi connectivity index (χ0n) is 22.5. The van der Waals surface area contributed by atoms with E-state index in [9.17, 15) is 27.6 Å². The molecule has 0 saturated carbocycles. The van der Waals surface area contributed by atoms with Crippen LogP contribution in [0, 0.1) is 12.8 Å². The topological polar surface area (TPSA) is 169 Å². The monoisotopic (exact) mass is 636 g/mol. The molecule has 220 valence electrons. The number of ether oxygens (including phenoxy) is 1. The Labute approximate surface area is 254 Å². The van der Waals surface area contributed by atoms with Gasteiger partial charge in [-0.05, 0) is 61.0 Å². The molecule has 43 heavy (non-hydrogen) atoms. The Bertz CT molecular complexity index is 1920. The summed E-state index contributed by atoms with van der Waals surface area (Å²) >= 11 is 2.21. The number of imide groups is 1. The molecule has 2 aliphatic rings. The summed E-state index contributed by atoms with van der Waals surface area (Å²) in [5.74, 6) is -2.17. The number of hydrogen-bond acceptors (Lipinski definition) is 9. The number of benzene rings is 3. The van der Waals surface area contributed by atoms with Gasteiger partial charge >= 0.3 is 4.87 Å². The van der Waals surface area contributed by atoms with E-state index in [1.807, 2.05) is 19.1 Å². The number of thiazole rings is 1. The summed E-state index contributed by atoms with van der Waals surface area (Å²) in [6, 6.07) is 19.4. The van der Waals surface area contributed by atoms with Crippen LogP contribution in [0.4, 0.5) is 11.4 Å². The molecule has 3 unspecified atom stereocenters. The van der Waals surface area contributed by atoms with Crippen LogP contribution in [0.2, 0.25) is 0 Å². The number of amides is 3. The molecule has 11 nitrogen and oxygen atoms in total. The fourth-order valence-corrected chi connectivity index (χ4v) is 8.23. The number of nitrogens with two attached hydrogens (primary N) is 1. The van der Waals surface area contributed by atoms with Crippen LogP contribution in [0.3, 0.4) is 0 Å². The molecule has 1 aromatic heterocycles. The largest absolute Gasteiger partial charge is 0.484 e. The summed E-state index contributed by atoms with van der Waals surface area (Å²) in [7, 11) is -3.86. The van der Waals surface area contributed by atoms with E-state index in [2.05, 4.69) is 10.3 Å². The molecule has 2 aliphatic heterocycles. The van der Waals surface area contributed by atoms with Crippen molar-refractivity contribution in [1.82, 2.24) is 4.98 Å². The molecule has 3 amide bonds. The van der Waals surface area contributed by atoms with Crippen molar-refractivity contribution < 1.29 is 27.5 Å². The van der Waals surface area contributed by atoms with Gasteiger partial charge in [0.2, 0.25) is 21.8 Å². The van der Waals surface area contributed by atoms with E-state index in [4.69, 9.17) is 9.88 Å². The standard InChI is InChI=1S/C29H24N4O7S3/c1-15-5-9-18(10-6-15)33-27(35)23-22(24-26(32-29(37)42-24)41-25(23)28(33)36)16-3-2-4-19(13-16)40-14-21(34)31-17-7-11-20(12-8-17)43(30,38)39/h2-13,22-23,25H,14H2,1H3,(H,31,34)(H,32,37)(H2,30,38,39). The third-order valence-electron chi connectivity index (χ3n) is 7.17. The van der Waals surface area contributed by atoms with Crippen LogP contribution >= 0.6 is 23.1 Å². The van der Waals surface area contributed by atoms with E-state index in [1.54, 1.807) is 36.4 Å². The van der Waals surface area contributed by atoms with Gasteiger partial charge < -0.3 is 15.0 Å². The van der Waals surface area contributed by atoms with Crippen LogP contribution in [0.5, 0.6) is 5.75 Å². The van der Waals surface area contributed by atoms with Crippen molar-refractivity contribution in [3.63, 3.8) is 0 Å². The average Bonchev–Trinajstić information content (AvgIpc) is 3.46. The van der Waals surface area contributed by atoms with Crippen molar-refractivity contribution in [3.05, 3.63) is 98.5 Å². The predicted molar refractivity (Wildman–Crippen MR) is 162 cm³/mol. The maximum Gasteiger partial charge on any atom is 0.305 e. The lowest BCUT2D eigenvalue weighted by Crippen LogP contribution is -2.32. The molecule has 0 radical (unpaired) electrons. The minimum Gasteiger partial charge on any atom is -0.484 e. The Hall–Kier alpha value is -4.24. The molecule has 3 atom stereocenters. The molecule has 3 aromatic carbocycles. The lowest BCUT2D eigenvalue weighted by molar-refractivity contribution is -0.122. The number of carbonyl (C=O) groups is 3. The number of H-pyrrole nitrogens is 1. The van der Waals surface area contributed by atoms with Crippen LogP contribution in [0.25, 0.3) is 0 Å². The fourth-order valence-electron chi connectivity index (χ4n) is 5.20. The van der Waals surface area contributed by atoms with Gasteiger partial charge in [0.25, 0.3) is 5.91 Å². The van der Waals surface area contributed by atoms with E-state index in [-0.39, 0.29) is 28.2 Å². The number of carbonyl (C=O) groups excluding carboxylic acids is 3. The first-order valence-electron chi connectivity index (χ1n) is 13.0. The highest BCUT2D eigenvalue weighted by molar-refractivity contribution is 8.00. The summed E-state index contributed by atoms with van der Waals surface area (Å²) in [4.78, 5) is 56.7. The number of aromatic amines is 1. The number of primary sulfonamides is 1. The first kappa shape index (κ1) is 28.9. The van der Waals surface area contributed by atoms with Gasteiger partial charge in [0, 0.05) is 16.5 Å². The minimum atomic E-state index is -3.86. The maximum atomic E-state index is 13.9. The van der Waals surface area contributed by atoms with Gasteiger partial charge in [0.05, 0.1) is 21.5 Å². The van der Waals surface area contributed by atoms with Gasteiger partial charge in [-0.3, -0.25) is 19.2 Å². The predicted octanol–water partition coefficient (Wildman–Crippen LogP) is 3.21. The van der Waals surface area contributed by atoms with E-state index < -0.39 is 33.0 Å². The van der Waals surface area contributed by atoms with Gasteiger partial charge in [-0.15, -0.1) is 0 Å². The normalized spacial score (nSPS) is 19.6. The van der Waals surface area contributed by atoms with E-state index >= 15 is 0 Å². The summed E-state index contributed by atoms with van der Waals surface area (Å²) in [5.41, 5.74) is 2.51. The van der Waals surface area contributed by atoms with Crippen molar-refractivity contribution in [2.45, 2.75) is 28.0 Å². The third kappa shape index (κ3) is 5.61. The molecule has 1 fully saturated rings. The van der Waals surface area contributed by atoms with Crippen molar-refractivity contribution >= 4 is 62.2 Å². The molecule has 0 bridgehead atoms. The number of anilines is 2. The second kappa shape index (κ2) is 11.1. The lowest BCUT2D eigenvalue weighted by Gasteiger charge is -2.30. The molecular weight excluding hydrogens is 613 g/mol. The van der Waals surface area contributed by atoms with E-state index in [0.29, 0.717) is 32.6 Å². The molecule has 0 spiro atoms. The third-order valence-corrected chi connectivity index (χ3v) is 10.5. The number of rotatable bonds is 7. The van der Waals surface area contributed by atoms with Gasteiger partial charge in [-0.25, -0.2) is 18.5 Å². The number of aryl methyl sites for hydroxylation is 1. The highest BCUT2D eigenvalue weighted by atomic mass is 32.2. The minimum absolute atomic E-state index is 0.0815. The number of thioether (sulfide) groups is 1. The van der Waals surface area contributed by atoms with Crippen molar-refractivity contribution in [1.29, 1.82) is 0 Å². The fraction of sp³-hybridized carbons (Fsp3) is 0.172. The molecule has 1 saturated heterocycles. The van der Waals surface area contributed by atoms with Gasteiger partial charge in [-0.1, -0.05) is 52.9 Å². The second-order valence-corrected chi connectivity index (χ2v) is 13.8. The molecule has 6 rings (SSSR count). The Morgan fingerprint density at radius 2 is 1.74 bits per heavy atom. The van der Waals surface area contributed by atoms with Crippen molar-refractivity contribution in [2.24, 2.45) is 11.1 Å². The van der Waals surface area contributed by atoms with E-state index in [0.717, 1.165) is 16.9 Å². The number of nitrogens with one attached hydrogen (secondary N) is 2. The zero-order valence-corrected chi connectivity index (χ0v) is 24.9. The molecule has 0 aliphatic carbocycles. The summed E-state index contributed by atoms with van der Waals surface area (Å²) < 4.78 is 28.6. The Balaban J connectivity index is 1.24. The van der Waals surface area contributed by atoms with Crippen LogP contribution < -0.4 is 25.0 Å². The van der Waals surface area contributed by atoms with Gasteiger partial charge in [-0.2, -0.15) is 0 Å². The van der Waals surface area contributed by atoms with Crippen molar-refractivity contribution in [3.8, 4) is 5.75 Å². The Morgan fingerprint density at radius 3 is 2.44 bits per heavy atom. The summed E-state index contributed by atoms with van der Waals surface area (Å²) in [5, 5.41) is 7.56. The molecule has 4 aromatic rings. The molecule has 4 N–H and O–H groups in total. The maximum absolute atomic E-state index is 13.9. The number of fused-ring (bicyclic) bond motifs is 2. The van der Waals surface area contributed by atoms with Crippen molar-refractivity contribution in [2.75, 3.05) is 16.8 Å². The first-order valence-corrected chi connectivity index (χ1v) is 16.2. The zero-order chi connectivity index (χ0) is 30.5. The van der Waals surface area contributed by atoms with Gasteiger partial charge in [0.1, 0.15) is 11.0 Å². The SMILES string of the molecule is Cc1ccc(N2C(=O)C3Sc4[nH]c(=O)sc4C(c4cccc(OCC(=O)Nc5ccc(S(N)(=O)=O)cc5)c4)C3C2=O)cc1. The number of aromatic nitrogens is 1. The highest BCUT2D eigenvalue weighted by Crippen LogP contribution is 2.53. The van der Waals surface area contributed by atoms with Crippen LogP contribution in [0.1, 0.15) is 21.9 Å². The molecule has 14 heteroatoms. The number of hydrogen-bond donors (Lipinski definition) is 3. The van der Waals surface area contributed by atoms with Crippen LogP contribution in [-0.4, -0.2) is 43.0 Å². The van der Waals surface area contributed by atoms with Crippen LogP contribution in [-0.2, 0) is 24.4 Å². The lowest BCUT2D eigenvalue weighted by atomic mass is 9.83. The second-order valence-electron chi connectivity index (χ2n) is 10.1. The number of sulfonamides is 1. The smallest absolute Gasteiger partial charge is 0.305 e. The molecular formula is C29H24N4O7S3. The summed E-state index contributed by atoms with van der Waals surface area (Å²) in [6.45, 7) is 1.57.